The summed E-state index contributed by atoms with van der Waals surface area (Å²) in [7, 11) is 0. The molecule has 0 aliphatic carbocycles. The van der Waals surface area contributed by atoms with Crippen molar-refractivity contribution in [1.82, 2.24) is 19.3 Å². The highest BCUT2D eigenvalue weighted by molar-refractivity contribution is 5.28. The number of nitrogens with zero attached hydrogens (tertiary/aromatic N) is 4. The summed E-state index contributed by atoms with van der Waals surface area (Å²) >= 11 is 0. The number of imidazole rings is 1. The molecule has 0 bridgehead atoms. The Balaban J connectivity index is 1.91. The fourth-order valence-electron chi connectivity index (χ4n) is 1.68. The lowest BCUT2D eigenvalue weighted by molar-refractivity contribution is 0.633. The normalized spacial score (nSPS) is 10.4. The predicted molar refractivity (Wildman–Crippen MR) is 67.9 cm³/mol. The summed E-state index contributed by atoms with van der Waals surface area (Å²) in [5, 5.41) is 7.45. The van der Waals surface area contributed by atoms with Gasteiger partial charge in [-0.25, -0.2) is 4.98 Å². The molecule has 5 heteroatoms. The summed E-state index contributed by atoms with van der Waals surface area (Å²) in [6.07, 6.45) is 7.60. The number of aryl methyl sites for hydroxylation is 1. The molecule has 0 aliphatic heterocycles. The smallest absolute Gasteiger partial charge is 0.203 e. The molecule has 2 rings (SSSR count). The highest BCUT2D eigenvalue weighted by Gasteiger charge is 2.03. The number of anilines is 1. The van der Waals surface area contributed by atoms with Gasteiger partial charge >= 0.3 is 0 Å². The summed E-state index contributed by atoms with van der Waals surface area (Å²) < 4.78 is 3.94. The summed E-state index contributed by atoms with van der Waals surface area (Å²) in [4.78, 5) is 4.42. The van der Waals surface area contributed by atoms with Gasteiger partial charge in [0, 0.05) is 31.7 Å². The maximum absolute atomic E-state index is 4.42. The molecule has 1 N–H and O–H groups in total. The zero-order valence-electron chi connectivity index (χ0n) is 10.0. The van der Waals surface area contributed by atoms with Crippen LogP contribution in [0.5, 0.6) is 0 Å². The van der Waals surface area contributed by atoms with Gasteiger partial charge in [0.2, 0.25) is 5.95 Å². The lowest BCUT2D eigenvalue weighted by Gasteiger charge is -2.07. The van der Waals surface area contributed by atoms with Gasteiger partial charge in [-0.2, -0.15) is 5.10 Å². The van der Waals surface area contributed by atoms with Crippen LogP contribution in [0.25, 0.3) is 0 Å². The van der Waals surface area contributed by atoms with Crippen LogP contribution in [0.3, 0.4) is 0 Å². The van der Waals surface area contributed by atoms with E-state index in [0.717, 1.165) is 31.3 Å². The van der Waals surface area contributed by atoms with E-state index in [4.69, 9.17) is 0 Å². The fraction of sp³-hybridized carbons (Fsp3) is 0.333. The van der Waals surface area contributed by atoms with Gasteiger partial charge in [-0.1, -0.05) is 6.08 Å². The van der Waals surface area contributed by atoms with Gasteiger partial charge in [-0.15, -0.1) is 6.58 Å². The Bertz CT molecular complexity index is 469. The molecule has 0 aromatic carbocycles. The van der Waals surface area contributed by atoms with Crippen molar-refractivity contribution in [3.05, 3.63) is 43.0 Å². The van der Waals surface area contributed by atoms with Crippen molar-refractivity contribution < 1.29 is 0 Å². The Morgan fingerprint density at radius 3 is 3.12 bits per heavy atom. The highest BCUT2D eigenvalue weighted by Crippen LogP contribution is 2.07. The van der Waals surface area contributed by atoms with E-state index in [1.165, 1.54) is 0 Å². The van der Waals surface area contributed by atoms with E-state index >= 15 is 0 Å². The van der Waals surface area contributed by atoms with Crippen LogP contribution in [0, 0.1) is 6.92 Å². The van der Waals surface area contributed by atoms with Crippen LogP contribution in [0.15, 0.2) is 37.3 Å². The van der Waals surface area contributed by atoms with Crippen molar-refractivity contribution in [2.75, 3.05) is 11.9 Å². The van der Waals surface area contributed by atoms with Gasteiger partial charge in [0.25, 0.3) is 0 Å². The maximum Gasteiger partial charge on any atom is 0.203 e. The van der Waals surface area contributed by atoms with E-state index in [9.17, 15) is 0 Å². The van der Waals surface area contributed by atoms with E-state index in [1.807, 2.05) is 40.7 Å². The van der Waals surface area contributed by atoms with Crippen LogP contribution >= 0.6 is 0 Å². The van der Waals surface area contributed by atoms with Crippen LogP contribution < -0.4 is 5.32 Å². The molecule has 0 fully saturated rings. The van der Waals surface area contributed by atoms with E-state index in [-0.39, 0.29) is 0 Å². The fourth-order valence-corrected chi connectivity index (χ4v) is 1.68. The molecule has 0 saturated heterocycles. The molecule has 0 aliphatic rings. The van der Waals surface area contributed by atoms with Crippen LogP contribution in [-0.2, 0) is 13.1 Å². The van der Waals surface area contributed by atoms with E-state index in [1.54, 1.807) is 6.20 Å². The van der Waals surface area contributed by atoms with Crippen molar-refractivity contribution in [2.24, 2.45) is 0 Å². The predicted octanol–water partition coefficient (Wildman–Crippen LogP) is 1.69. The molecule has 5 nitrogen and oxygen atoms in total. The molecule has 2 aromatic heterocycles. The number of rotatable bonds is 6. The second kappa shape index (κ2) is 5.34. The quantitative estimate of drug-likeness (QED) is 0.769. The molecular formula is C12H17N5. The second-order valence-electron chi connectivity index (χ2n) is 3.84. The Morgan fingerprint density at radius 1 is 1.53 bits per heavy atom. The van der Waals surface area contributed by atoms with Crippen molar-refractivity contribution in [2.45, 2.75) is 20.0 Å². The first-order chi connectivity index (χ1) is 8.29. The zero-order chi connectivity index (χ0) is 12.1. The van der Waals surface area contributed by atoms with Crippen molar-refractivity contribution in [1.29, 1.82) is 0 Å². The van der Waals surface area contributed by atoms with Gasteiger partial charge in [-0.05, 0) is 13.0 Å². The summed E-state index contributed by atoms with van der Waals surface area (Å²) in [5.74, 6) is 0.884. The second-order valence-corrected chi connectivity index (χ2v) is 3.84. The Morgan fingerprint density at radius 2 is 2.41 bits per heavy atom. The molecule has 0 unspecified atom stereocenters. The molecule has 2 aromatic rings. The Kier molecular flexibility index (Phi) is 3.59. The minimum Gasteiger partial charge on any atom is -0.354 e. The summed E-state index contributed by atoms with van der Waals surface area (Å²) in [6, 6.07) is 1.92. The van der Waals surface area contributed by atoms with Crippen molar-refractivity contribution in [3.8, 4) is 0 Å². The average molecular weight is 231 g/mol. The largest absolute Gasteiger partial charge is 0.354 e. The zero-order valence-corrected chi connectivity index (χ0v) is 10.0. The molecule has 90 valence electrons. The summed E-state index contributed by atoms with van der Waals surface area (Å²) in [5.41, 5.74) is 1.01. The molecule has 0 atom stereocenters. The van der Waals surface area contributed by atoms with E-state index < -0.39 is 0 Å². The van der Waals surface area contributed by atoms with Gasteiger partial charge in [0.15, 0.2) is 0 Å². The molecule has 0 radical (unpaired) electrons. The van der Waals surface area contributed by atoms with Crippen LogP contribution in [0.2, 0.25) is 0 Å². The Hall–Kier alpha value is -2.04. The first-order valence-electron chi connectivity index (χ1n) is 5.65. The molecule has 0 saturated carbocycles. The number of allylic oxidation sites excluding steroid dienone is 1. The van der Waals surface area contributed by atoms with Gasteiger partial charge < -0.3 is 9.88 Å². The van der Waals surface area contributed by atoms with Crippen LogP contribution in [0.1, 0.15) is 5.69 Å². The van der Waals surface area contributed by atoms with Gasteiger partial charge in [-0.3, -0.25) is 4.68 Å². The SMILES string of the molecule is C=CCn1cc(C)nc1NCCn1cccn1. The molecule has 0 spiro atoms. The van der Waals surface area contributed by atoms with Gasteiger partial charge in [0.05, 0.1) is 12.2 Å². The lowest BCUT2D eigenvalue weighted by atomic mass is 10.5. The topological polar surface area (TPSA) is 47.7 Å². The number of nitrogens with one attached hydrogen (secondary N) is 1. The highest BCUT2D eigenvalue weighted by atomic mass is 15.3. The maximum atomic E-state index is 4.42. The number of aromatic nitrogens is 4. The van der Waals surface area contributed by atoms with Crippen LogP contribution in [-0.4, -0.2) is 25.9 Å². The summed E-state index contributed by atoms with van der Waals surface area (Å²) in [6.45, 7) is 8.12. The monoisotopic (exact) mass is 231 g/mol. The van der Waals surface area contributed by atoms with E-state index in [2.05, 4.69) is 22.0 Å². The molecule has 17 heavy (non-hydrogen) atoms. The third-order valence-corrected chi connectivity index (χ3v) is 2.41. The third-order valence-electron chi connectivity index (χ3n) is 2.41. The molecule has 0 amide bonds. The van der Waals surface area contributed by atoms with E-state index in [0.29, 0.717) is 0 Å². The standard InChI is InChI=1S/C12H17N5/c1-3-7-16-10-11(2)15-12(16)13-6-9-17-8-4-5-14-17/h3-5,8,10H,1,6-7,9H2,2H3,(H,13,15). The molecular weight excluding hydrogens is 214 g/mol. The van der Waals surface area contributed by atoms with Crippen molar-refractivity contribution in [3.63, 3.8) is 0 Å². The lowest BCUT2D eigenvalue weighted by Crippen LogP contribution is -2.13. The third kappa shape index (κ3) is 2.96. The van der Waals surface area contributed by atoms with Gasteiger partial charge in [0.1, 0.15) is 0 Å². The first kappa shape index (κ1) is 11.4. The van der Waals surface area contributed by atoms with Crippen molar-refractivity contribution >= 4 is 5.95 Å². The minimum absolute atomic E-state index is 0.769. The minimum atomic E-state index is 0.769. The number of hydrogen-bond acceptors (Lipinski definition) is 3. The first-order valence-corrected chi connectivity index (χ1v) is 5.65. The number of hydrogen-bond donors (Lipinski definition) is 1. The van der Waals surface area contributed by atoms with Crippen LogP contribution in [0.4, 0.5) is 5.95 Å². The average Bonchev–Trinajstić information content (AvgIpc) is 2.90. The molecule has 2 heterocycles. The Labute approximate surface area is 101 Å².